The molecule has 0 bridgehead atoms. The Kier molecular flexibility index (Phi) is 3.65. The highest BCUT2D eigenvalue weighted by Gasteiger charge is 2.38. The minimum absolute atomic E-state index is 0.311. The molecule has 3 heteroatoms. The van der Waals surface area contributed by atoms with E-state index in [1.54, 1.807) is 0 Å². The first-order valence-corrected chi connectivity index (χ1v) is 7.35. The highest BCUT2D eigenvalue weighted by molar-refractivity contribution is 5.92. The molecule has 2 aromatic carbocycles. The van der Waals surface area contributed by atoms with Crippen molar-refractivity contribution in [1.82, 2.24) is 0 Å². The Morgan fingerprint density at radius 1 is 1.10 bits per heavy atom. The van der Waals surface area contributed by atoms with Crippen LogP contribution < -0.4 is 11.1 Å². The SMILES string of the molecule is Cc1cc(C)cc(NC(N)=NC2CC2c2ccccc2)c1. The first kappa shape index (κ1) is 13.7. The summed E-state index contributed by atoms with van der Waals surface area (Å²) >= 11 is 0. The van der Waals surface area contributed by atoms with Crippen molar-refractivity contribution < 1.29 is 0 Å². The van der Waals surface area contributed by atoms with Crippen molar-refractivity contribution in [2.75, 3.05) is 5.32 Å². The van der Waals surface area contributed by atoms with Crippen molar-refractivity contribution in [1.29, 1.82) is 0 Å². The van der Waals surface area contributed by atoms with E-state index in [4.69, 9.17) is 5.73 Å². The van der Waals surface area contributed by atoms with Gasteiger partial charge in [-0.15, -0.1) is 0 Å². The maximum atomic E-state index is 6.03. The van der Waals surface area contributed by atoms with Gasteiger partial charge in [-0.2, -0.15) is 0 Å². The molecule has 1 aliphatic rings. The quantitative estimate of drug-likeness (QED) is 0.666. The summed E-state index contributed by atoms with van der Waals surface area (Å²) in [5, 5.41) is 3.19. The van der Waals surface area contributed by atoms with E-state index < -0.39 is 0 Å². The zero-order valence-corrected chi connectivity index (χ0v) is 12.5. The van der Waals surface area contributed by atoms with Gasteiger partial charge in [0, 0.05) is 11.6 Å². The summed E-state index contributed by atoms with van der Waals surface area (Å²) in [7, 11) is 0. The predicted molar refractivity (Wildman–Crippen MR) is 88.7 cm³/mol. The molecule has 2 atom stereocenters. The Bertz CT molecular complexity index is 641. The van der Waals surface area contributed by atoms with E-state index in [9.17, 15) is 0 Å². The summed E-state index contributed by atoms with van der Waals surface area (Å²) in [6.07, 6.45) is 1.08. The first-order chi connectivity index (χ1) is 10.1. The van der Waals surface area contributed by atoms with Gasteiger partial charge in [0.05, 0.1) is 6.04 Å². The molecule has 0 spiro atoms. The minimum Gasteiger partial charge on any atom is -0.370 e. The monoisotopic (exact) mass is 279 g/mol. The van der Waals surface area contributed by atoms with E-state index in [1.807, 2.05) is 6.07 Å². The standard InChI is InChI=1S/C18H21N3/c1-12-8-13(2)10-15(9-12)20-18(19)21-17-11-16(17)14-6-4-3-5-7-14/h3-10,16-17H,11H2,1-2H3,(H3,19,20,21). The molecule has 2 unspecified atom stereocenters. The lowest BCUT2D eigenvalue weighted by Crippen LogP contribution is -2.23. The number of nitrogens with one attached hydrogen (secondary N) is 1. The van der Waals surface area contributed by atoms with Gasteiger partial charge in [0.25, 0.3) is 0 Å². The van der Waals surface area contributed by atoms with Crippen molar-refractivity contribution >= 4 is 11.6 Å². The second-order valence-electron chi connectivity index (χ2n) is 5.84. The van der Waals surface area contributed by atoms with Crippen LogP contribution in [0.15, 0.2) is 53.5 Å². The zero-order chi connectivity index (χ0) is 14.8. The van der Waals surface area contributed by atoms with E-state index in [2.05, 4.69) is 66.6 Å². The summed E-state index contributed by atoms with van der Waals surface area (Å²) in [6.45, 7) is 4.16. The lowest BCUT2D eigenvalue weighted by atomic mass is 10.1. The average molecular weight is 279 g/mol. The molecular formula is C18H21N3. The van der Waals surface area contributed by atoms with Crippen LogP contribution in [0.1, 0.15) is 29.0 Å². The summed E-state index contributed by atoms with van der Waals surface area (Å²) in [4.78, 5) is 4.58. The van der Waals surface area contributed by atoms with Gasteiger partial charge >= 0.3 is 0 Å². The Labute approximate surface area is 125 Å². The fourth-order valence-corrected chi connectivity index (χ4v) is 2.79. The van der Waals surface area contributed by atoms with Crippen LogP contribution in [-0.4, -0.2) is 12.0 Å². The Balaban J connectivity index is 1.65. The van der Waals surface area contributed by atoms with Crippen LogP contribution in [0.2, 0.25) is 0 Å². The molecule has 0 radical (unpaired) electrons. The van der Waals surface area contributed by atoms with Gasteiger partial charge < -0.3 is 11.1 Å². The molecule has 3 rings (SSSR count). The van der Waals surface area contributed by atoms with Crippen LogP contribution in [0.5, 0.6) is 0 Å². The number of aliphatic imine (C=N–C) groups is 1. The molecule has 0 saturated heterocycles. The van der Waals surface area contributed by atoms with Crippen molar-refractivity contribution in [3.63, 3.8) is 0 Å². The summed E-state index contributed by atoms with van der Waals surface area (Å²) in [6, 6.07) is 17.1. The van der Waals surface area contributed by atoms with E-state index in [0.717, 1.165) is 12.1 Å². The molecule has 0 amide bonds. The third kappa shape index (κ3) is 3.43. The van der Waals surface area contributed by atoms with Crippen molar-refractivity contribution in [3.05, 3.63) is 65.2 Å². The van der Waals surface area contributed by atoms with Crippen LogP contribution >= 0.6 is 0 Å². The number of guanidine groups is 1. The predicted octanol–water partition coefficient (Wildman–Crippen LogP) is 3.59. The van der Waals surface area contributed by atoms with Gasteiger partial charge in [-0.05, 0) is 49.1 Å². The minimum atomic E-state index is 0.311. The highest BCUT2D eigenvalue weighted by Crippen LogP contribution is 2.43. The first-order valence-electron chi connectivity index (χ1n) is 7.35. The van der Waals surface area contributed by atoms with Gasteiger partial charge in [-0.25, -0.2) is 4.99 Å². The van der Waals surface area contributed by atoms with Crippen molar-refractivity contribution in [2.45, 2.75) is 32.2 Å². The van der Waals surface area contributed by atoms with Crippen LogP contribution in [0, 0.1) is 13.8 Å². The molecule has 2 aromatic rings. The number of nitrogens with two attached hydrogens (primary N) is 1. The highest BCUT2D eigenvalue weighted by atomic mass is 15.1. The largest absolute Gasteiger partial charge is 0.370 e. The molecule has 0 heterocycles. The van der Waals surface area contributed by atoms with E-state index in [0.29, 0.717) is 17.9 Å². The number of aryl methyl sites for hydroxylation is 2. The molecule has 0 aromatic heterocycles. The smallest absolute Gasteiger partial charge is 0.193 e. The van der Waals surface area contributed by atoms with Gasteiger partial charge in [0.2, 0.25) is 0 Å². The lowest BCUT2D eigenvalue weighted by Gasteiger charge is -2.08. The zero-order valence-electron chi connectivity index (χ0n) is 12.5. The number of hydrogen-bond donors (Lipinski definition) is 2. The molecule has 21 heavy (non-hydrogen) atoms. The molecule has 1 aliphatic carbocycles. The lowest BCUT2D eigenvalue weighted by molar-refractivity contribution is 0.985. The second kappa shape index (κ2) is 5.60. The molecule has 3 N–H and O–H groups in total. The van der Waals surface area contributed by atoms with Crippen LogP contribution in [0.4, 0.5) is 5.69 Å². The summed E-state index contributed by atoms with van der Waals surface area (Å²) < 4.78 is 0. The van der Waals surface area contributed by atoms with Crippen LogP contribution in [0.3, 0.4) is 0 Å². The molecule has 1 saturated carbocycles. The number of rotatable bonds is 3. The molecule has 1 fully saturated rings. The number of anilines is 1. The third-order valence-electron chi connectivity index (χ3n) is 3.78. The fraction of sp³-hybridized carbons (Fsp3) is 0.278. The average Bonchev–Trinajstić information content (AvgIpc) is 3.17. The Morgan fingerprint density at radius 3 is 2.43 bits per heavy atom. The maximum absolute atomic E-state index is 6.03. The van der Waals surface area contributed by atoms with Crippen LogP contribution in [-0.2, 0) is 0 Å². The Hall–Kier alpha value is -2.29. The molecule has 0 aliphatic heterocycles. The number of hydrogen-bond acceptors (Lipinski definition) is 1. The second-order valence-corrected chi connectivity index (χ2v) is 5.84. The van der Waals surface area contributed by atoms with Crippen molar-refractivity contribution in [2.24, 2.45) is 10.7 Å². The number of benzene rings is 2. The van der Waals surface area contributed by atoms with E-state index in [1.165, 1.54) is 16.7 Å². The topological polar surface area (TPSA) is 50.4 Å². The van der Waals surface area contributed by atoms with Gasteiger partial charge in [-0.1, -0.05) is 36.4 Å². The molecule has 108 valence electrons. The van der Waals surface area contributed by atoms with Gasteiger partial charge in [-0.3, -0.25) is 0 Å². The Morgan fingerprint density at radius 2 is 1.76 bits per heavy atom. The fourth-order valence-electron chi connectivity index (χ4n) is 2.79. The third-order valence-corrected chi connectivity index (χ3v) is 3.78. The van der Waals surface area contributed by atoms with Gasteiger partial charge in [0.15, 0.2) is 5.96 Å². The summed E-state index contributed by atoms with van der Waals surface area (Å²) in [5.41, 5.74) is 10.8. The maximum Gasteiger partial charge on any atom is 0.193 e. The normalized spacial score (nSPS) is 21.1. The summed E-state index contributed by atoms with van der Waals surface area (Å²) in [5.74, 6) is 1.02. The van der Waals surface area contributed by atoms with E-state index >= 15 is 0 Å². The number of nitrogens with zero attached hydrogens (tertiary/aromatic N) is 1. The van der Waals surface area contributed by atoms with Crippen LogP contribution in [0.25, 0.3) is 0 Å². The van der Waals surface area contributed by atoms with Gasteiger partial charge in [0.1, 0.15) is 0 Å². The molecule has 3 nitrogen and oxygen atoms in total. The molecular weight excluding hydrogens is 258 g/mol. The van der Waals surface area contributed by atoms with Crippen molar-refractivity contribution in [3.8, 4) is 0 Å². The van der Waals surface area contributed by atoms with E-state index in [-0.39, 0.29) is 0 Å².